The minimum atomic E-state index is -4.47. The van der Waals surface area contributed by atoms with Gasteiger partial charge in [0.2, 0.25) is 0 Å². The third-order valence-electron chi connectivity index (χ3n) is 3.67. The molecule has 1 aliphatic heterocycles. The molecule has 1 aliphatic rings. The Hall–Kier alpha value is -1.87. The summed E-state index contributed by atoms with van der Waals surface area (Å²) >= 11 is 1.05. The van der Waals surface area contributed by atoms with Crippen LogP contribution in [-0.2, 0) is 4.74 Å². The molecule has 24 heavy (non-hydrogen) atoms. The minimum Gasteiger partial charge on any atom is -0.472 e. The van der Waals surface area contributed by atoms with Crippen molar-refractivity contribution >= 4 is 17.2 Å². The summed E-state index contributed by atoms with van der Waals surface area (Å²) in [5.41, 5.74) is 0.683. The van der Waals surface area contributed by atoms with Crippen molar-refractivity contribution in [3.63, 3.8) is 0 Å². The number of carbonyl (C=O) groups is 1. The Morgan fingerprint density at radius 3 is 2.92 bits per heavy atom. The predicted octanol–water partition coefficient (Wildman–Crippen LogP) is 3.59. The van der Waals surface area contributed by atoms with Gasteiger partial charge in [0.05, 0.1) is 25.1 Å². The van der Waals surface area contributed by atoms with Gasteiger partial charge in [0, 0.05) is 12.2 Å². The first-order chi connectivity index (χ1) is 11.4. The lowest BCUT2D eigenvalue weighted by Crippen LogP contribution is -2.48. The van der Waals surface area contributed by atoms with E-state index in [1.165, 1.54) is 18.7 Å². The average molecular weight is 360 g/mol. The quantitative estimate of drug-likeness (QED) is 0.836. The number of halogens is 3. The first kappa shape index (κ1) is 17.0. The fraction of sp³-hybridized carbons (Fsp3) is 0.467. The summed E-state index contributed by atoms with van der Waals surface area (Å²) in [5, 5.41) is 0.527. The minimum absolute atomic E-state index is 0.120. The molecule has 0 aliphatic carbocycles. The molecule has 3 heterocycles. The molecule has 5 nitrogen and oxygen atoms in total. The van der Waals surface area contributed by atoms with Crippen LogP contribution in [0, 0.1) is 0 Å². The molecular weight excluding hydrogens is 345 g/mol. The predicted molar refractivity (Wildman–Crippen MR) is 80.7 cm³/mol. The molecule has 0 N–H and O–H groups in total. The van der Waals surface area contributed by atoms with Crippen LogP contribution in [0.4, 0.5) is 13.2 Å². The molecular formula is C15H15F3N2O3S. The van der Waals surface area contributed by atoms with Crippen molar-refractivity contribution in [1.29, 1.82) is 0 Å². The number of nitrogens with zero attached hydrogens (tertiary/aromatic N) is 2. The van der Waals surface area contributed by atoms with E-state index in [9.17, 15) is 18.0 Å². The molecule has 130 valence electrons. The van der Waals surface area contributed by atoms with E-state index < -0.39 is 24.7 Å². The second-order valence-electron chi connectivity index (χ2n) is 5.46. The van der Waals surface area contributed by atoms with Gasteiger partial charge in [0.15, 0.2) is 0 Å². The summed E-state index contributed by atoms with van der Waals surface area (Å²) in [6.45, 7) is -0.663. The van der Waals surface area contributed by atoms with Crippen LogP contribution in [-0.4, -0.2) is 47.8 Å². The zero-order valence-corrected chi connectivity index (χ0v) is 13.4. The van der Waals surface area contributed by atoms with Gasteiger partial charge >= 0.3 is 6.18 Å². The molecule has 0 bridgehead atoms. The molecule has 9 heteroatoms. The Morgan fingerprint density at radius 1 is 1.46 bits per heavy atom. The lowest BCUT2D eigenvalue weighted by atomic mass is 10.1. The highest BCUT2D eigenvalue weighted by atomic mass is 32.1. The summed E-state index contributed by atoms with van der Waals surface area (Å²) in [4.78, 5) is 17.7. The number of ether oxygens (including phenoxy) is 1. The van der Waals surface area contributed by atoms with Gasteiger partial charge in [-0.15, -0.1) is 11.3 Å². The van der Waals surface area contributed by atoms with Crippen LogP contribution >= 0.6 is 11.3 Å². The van der Waals surface area contributed by atoms with E-state index in [1.807, 2.05) is 0 Å². The molecule has 0 radical (unpaired) electrons. The number of aromatic nitrogens is 1. The second-order valence-corrected chi connectivity index (χ2v) is 6.49. The summed E-state index contributed by atoms with van der Waals surface area (Å²) in [6.07, 6.45) is 0.904. The van der Waals surface area contributed by atoms with Gasteiger partial charge in [-0.2, -0.15) is 13.2 Å². The van der Waals surface area contributed by atoms with Crippen molar-refractivity contribution in [3.8, 4) is 10.6 Å². The summed E-state index contributed by atoms with van der Waals surface area (Å²) in [5.74, 6) is -0.671. The largest absolute Gasteiger partial charge is 0.472 e. The first-order valence-electron chi connectivity index (χ1n) is 7.38. The Balaban J connectivity index is 1.82. The second kappa shape index (κ2) is 6.94. The maximum atomic E-state index is 12.9. The van der Waals surface area contributed by atoms with Gasteiger partial charge in [-0.05, 0) is 18.9 Å². The maximum Gasteiger partial charge on any atom is 0.406 e. The number of thiazole rings is 1. The first-order valence-corrected chi connectivity index (χ1v) is 8.19. The van der Waals surface area contributed by atoms with E-state index in [2.05, 4.69) is 4.98 Å². The number of carbonyl (C=O) groups excluding carboxylic acids is 1. The van der Waals surface area contributed by atoms with Crippen LogP contribution < -0.4 is 0 Å². The van der Waals surface area contributed by atoms with Gasteiger partial charge in [0.1, 0.15) is 22.7 Å². The van der Waals surface area contributed by atoms with Gasteiger partial charge in [-0.3, -0.25) is 4.79 Å². The third-order valence-corrected chi connectivity index (χ3v) is 4.71. The number of rotatable bonds is 4. The SMILES string of the molecule is O=C(c1cnc(-c2ccoc2)s1)N(CC(F)(F)F)C1CCCOC1. The van der Waals surface area contributed by atoms with E-state index in [0.717, 1.165) is 16.2 Å². The fourth-order valence-electron chi connectivity index (χ4n) is 2.56. The average Bonchev–Trinajstić information content (AvgIpc) is 3.22. The lowest BCUT2D eigenvalue weighted by Gasteiger charge is -2.34. The zero-order valence-electron chi connectivity index (χ0n) is 12.6. The molecule has 2 aromatic heterocycles. The summed E-state index contributed by atoms with van der Waals surface area (Å²) < 4.78 is 48.9. The fourth-order valence-corrected chi connectivity index (χ4v) is 3.42. The molecule has 1 atom stereocenters. The Labute approximate surface area is 140 Å². The van der Waals surface area contributed by atoms with E-state index in [0.29, 0.717) is 30.0 Å². The standard InChI is InChI=1S/C15H15F3N2O3S/c16-15(17,18)9-20(11-2-1-4-22-8-11)14(21)12-6-19-13(24-12)10-3-5-23-7-10/h3,5-7,11H,1-2,4,8-9H2. The van der Waals surface area contributed by atoms with Crippen LogP contribution in [0.2, 0.25) is 0 Å². The monoisotopic (exact) mass is 360 g/mol. The van der Waals surface area contributed by atoms with Crippen LogP contribution in [0.15, 0.2) is 29.2 Å². The van der Waals surface area contributed by atoms with E-state index in [4.69, 9.17) is 9.15 Å². The number of furan rings is 1. The highest BCUT2D eigenvalue weighted by Gasteiger charge is 2.38. The molecule has 0 saturated carbocycles. The van der Waals surface area contributed by atoms with Gasteiger partial charge in [-0.1, -0.05) is 0 Å². The molecule has 1 fully saturated rings. The molecule has 2 aromatic rings. The van der Waals surface area contributed by atoms with Crippen LogP contribution in [0.3, 0.4) is 0 Å². The van der Waals surface area contributed by atoms with Crippen molar-refractivity contribution in [2.24, 2.45) is 0 Å². The molecule has 1 amide bonds. The number of alkyl halides is 3. The van der Waals surface area contributed by atoms with Crippen molar-refractivity contribution in [1.82, 2.24) is 9.88 Å². The van der Waals surface area contributed by atoms with E-state index >= 15 is 0 Å². The topological polar surface area (TPSA) is 55.6 Å². The Bertz CT molecular complexity index is 678. The van der Waals surface area contributed by atoms with Crippen molar-refractivity contribution in [3.05, 3.63) is 29.7 Å². The Morgan fingerprint density at radius 2 is 2.29 bits per heavy atom. The summed E-state index contributed by atoms with van der Waals surface area (Å²) in [6, 6.07) is 1.10. The van der Waals surface area contributed by atoms with Crippen LogP contribution in [0.1, 0.15) is 22.5 Å². The van der Waals surface area contributed by atoms with E-state index in [-0.39, 0.29) is 11.5 Å². The van der Waals surface area contributed by atoms with Crippen molar-refractivity contribution in [2.45, 2.75) is 25.1 Å². The maximum absolute atomic E-state index is 12.9. The lowest BCUT2D eigenvalue weighted by molar-refractivity contribution is -0.148. The van der Waals surface area contributed by atoms with Crippen LogP contribution in [0.5, 0.6) is 0 Å². The van der Waals surface area contributed by atoms with E-state index in [1.54, 1.807) is 6.07 Å². The molecule has 1 unspecified atom stereocenters. The number of amides is 1. The Kier molecular flexibility index (Phi) is 4.91. The third kappa shape index (κ3) is 3.96. The molecule has 1 saturated heterocycles. The highest BCUT2D eigenvalue weighted by Crippen LogP contribution is 2.29. The van der Waals surface area contributed by atoms with Gasteiger partial charge in [0.25, 0.3) is 5.91 Å². The zero-order chi connectivity index (χ0) is 17.2. The smallest absolute Gasteiger partial charge is 0.406 e. The number of hydrogen-bond acceptors (Lipinski definition) is 5. The normalized spacial score (nSPS) is 18.5. The molecule has 0 aromatic carbocycles. The van der Waals surface area contributed by atoms with Crippen LogP contribution in [0.25, 0.3) is 10.6 Å². The van der Waals surface area contributed by atoms with Crippen molar-refractivity contribution in [2.75, 3.05) is 19.8 Å². The molecule has 3 rings (SSSR count). The molecule has 0 spiro atoms. The highest BCUT2D eigenvalue weighted by molar-refractivity contribution is 7.16. The van der Waals surface area contributed by atoms with Gasteiger partial charge < -0.3 is 14.1 Å². The number of hydrogen-bond donors (Lipinski definition) is 0. The van der Waals surface area contributed by atoms with Crippen molar-refractivity contribution < 1.29 is 27.1 Å². The van der Waals surface area contributed by atoms with Gasteiger partial charge in [-0.25, -0.2) is 4.98 Å². The summed E-state index contributed by atoms with van der Waals surface area (Å²) in [7, 11) is 0.